The third kappa shape index (κ3) is 2.44. The second kappa shape index (κ2) is 5.04. The van der Waals surface area contributed by atoms with Gasteiger partial charge in [0.1, 0.15) is 10.8 Å². The van der Waals surface area contributed by atoms with Gasteiger partial charge < -0.3 is 9.84 Å². The molecule has 0 saturated carbocycles. The van der Waals surface area contributed by atoms with Crippen LogP contribution in [0.15, 0.2) is 18.2 Å². The summed E-state index contributed by atoms with van der Waals surface area (Å²) >= 11 is 7.56. The molecular formula is C12H12ClNO2S. The highest BCUT2D eigenvalue weighted by Crippen LogP contribution is 2.33. The third-order valence-electron chi connectivity index (χ3n) is 2.40. The number of hydrogen-bond donors (Lipinski definition) is 1. The summed E-state index contributed by atoms with van der Waals surface area (Å²) in [6.45, 7) is 1.94. The standard InChI is InChI=1S/C12H12ClNO2S/c1-7-12(14-11(6-15)17-7)8-3-4-10(16-2)9(13)5-8/h3-5,15H,6H2,1-2H3. The summed E-state index contributed by atoms with van der Waals surface area (Å²) in [6.07, 6.45) is 0. The van der Waals surface area contributed by atoms with Gasteiger partial charge in [-0.2, -0.15) is 0 Å². The zero-order valence-electron chi connectivity index (χ0n) is 9.53. The number of thiazole rings is 1. The molecule has 0 spiro atoms. The van der Waals surface area contributed by atoms with Gasteiger partial charge in [-0.3, -0.25) is 0 Å². The molecule has 0 saturated heterocycles. The van der Waals surface area contributed by atoms with Crippen molar-refractivity contribution in [2.45, 2.75) is 13.5 Å². The van der Waals surface area contributed by atoms with Gasteiger partial charge >= 0.3 is 0 Å². The Balaban J connectivity index is 2.45. The molecule has 3 nitrogen and oxygen atoms in total. The largest absolute Gasteiger partial charge is 0.495 e. The van der Waals surface area contributed by atoms with Crippen molar-refractivity contribution in [2.24, 2.45) is 0 Å². The van der Waals surface area contributed by atoms with E-state index in [1.54, 1.807) is 7.11 Å². The molecule has 0 atom stereocenters. The maximum atomic E-state index is 9.06. The van der Waals surface area contributed by atoms with Gasteiger partial charge in [-0.25, -0.2) is 4.98 Å². The van der Waals surface area contributed by atoms with E-state index in [2.05, 4.69) is 4.98 Å². The van der Waals surface area contributed by atoms with E-state index >= 15 is 0 Å². The molecule has 17 heavy (non-hydrogen) atoms. The molecule has 2 aromatic rings. The van der Waals surface area contributed by atoms with Gasteiger partial charge in [0, 0.05) is 10.4 Å². The quantitative estimate of drug-likeness (QED) is 0.930. The van der Waals surface area contributed by atoms with Gasteiger partial charge in [-0.15, -0.1) is 11.3 Å². The molecule has 2 rings (SSSR count). The maximum absolute atomic E-state index is 9.06. The normalized spacial score (nSPS) is 10.6. The molecule has 0 fully saturated rings. The summed E-state index contributed by atoms with van der Waals surface area (Å²) in [4.78, 5) is 5.43. The highest BCUT2D eigenvalue weighted by molar-refractivity contribution is 7.12. The van der Waals surface area contributed by atoms with Crippen LogP contribution in [-0.4, -0.2) is 17.2 Å². The molecule has 5 heteroatoms. The molecule has 0 radical (unpaired) electrons. The lowest BCUT2D eigenvalue weighted by Crippen LogP contribution is -1.87. The topological polar surface area (TPSA) is 42.4 Å². The lowest BCUT2D eigenvalue weighted by atomic mass is 10.1. The van der Waals surface area contributed by atoms with Gasteiger partial charge in [0.2, 0.25) is 0 Å². The Morgan fingerprint density at radius 1 is 1.47 bits per heavy atom. The van der Waals surface area contributed by atoms with Gasteiger partial charge in [0.05, 0.1) is 24.4 Å². The Labute approximate surface area is 109 Å². The molecule has 0 aliphatic heterocycles. The second-order valence-corrected chi connectivity index (χ2v) is 5.21. The van der Waals surface area contributed by atoms with Crippen LogP contribution in [0, 0.1) is 6.92 Å². The minimum atomic E-state index is -0.0323. The lowest BCUT2D eigenvalue weighted by molar-refractivity contribution is 0.281. The Morgan fingerprint density at radius 3 is 2.76 bits per heavy atom. The number of aliphatic hydroxyl groups excluding tert-OH is 1. The molecule has 0 amide bonds. The van der Waals surface area contributed by atoms with Crippen molar-refractivity contribution in [3.8, 4) is 17.0 Å². The van der Waals surface area contributed by atoms with E-state index in [-0.39, 0.29) is 6.61 Å². The van der Waals surface area contributed by atoms with Crippen molar-refractivity contribution in [1.82, 2.24) is 4.98 Å². The number of methoxy groups -OCH3 is 1. The summed E-state index contributed by atoms with van der Waals surface area (Å²) in [5, 5.41) is 10.3. The number of rotatable bonds is 3. The van der Waals surface area contributed by atoms with Crippen LogP contribution in [0.25, 0.3) is 11.3 Å². The van der Waals surface area contributed by atoms with Crippen molar-refractivity contribution in [3.05, 3.63) is 33.1 Å². The van der Waals surface area contributed by atoms with E-state index in [0.29, 0.717) is 15.8 Å². The van der Waals surface area contributed by atoms with Gasteiger partial charge in [0.15, 0.2) is 0 Å². The smallest absolute Gasteiger partial charge is 0.137 e. The van der Waals surface area contributed by atoms with Crippen molar-refractivity contribution in [1.29, 1.82) is 0 Å². The average Bonchev–Trinajstić information content (AvgIpc) is 2.70. The zero-order chi connectivity index (χ0) is 12.4. The minimum absolute atomic E-state index is 0.0323. The molecule has 0 aliphatic rings. The zero-order valence-corrected chi connectivity index (χ0v) is 11.1. The molecular weight excluding hydrogens is 258 g/mol. The highest BCUT2D eigenvalue weighted by Gasteiger charge is 2.11. The Hall–Kier alpha value is -1.10. The average molecular weight is 270 g/mol. The van der Waals surface area contributed by atoms with Crippen LogP contribution in [-0.2, 0) is 6.61 Å². The number of nitrogens with zero attached hydrogens (tertiary/aromatic N) is 1. The minimum Gasteiger partial charge on any atom is -0.495 e. The van der Waals surface area contributed by atoms with E-state index in [0.717, 1.165) is 16.1 Å². The molecule has 0 bridgehead atoms. The Morgan fingerprint density at radius 2 is 2.24 bits per heavy atom. The van der Waals surface area contributed by atoms with E-state index in [4.69, 9.17) is 21.4 Å². The monoisotopic (exact) mass is 269 g/mol. The summed E-state index contributed by atoms with van der Waals surface area (Å²) in [5.74, 6) is 0.644. The van der Waals surface area contributed by atoms with Crippen molar-refractivity contribution in [3.63, 3.8) is 0 Å². The maximum Gasteiger partial charge on any atom is 0.137 e. The number of benzene rings is 1. The molecule has 1 aromatic heterocycles. The van der Waals surface area contributed by atoms with Gasteiger partial charge in [-0.1, -0.05) is 11.6 Å². The number of hydrogen-bond acceptors (Lipinski definition) is 4. The summed E-state index contributed by atoms with van der Waals surface area (Å²) in [5.41, 5.74) is 1.80. The molecule has 0 unspecified atom stereocenters. The fraction of sp³-hybridized carbons (Fsp3) is 0.250. The van der Waals surface area contributed by atoms with E-state index in [1.807, 2.05) is 25.1 Å². The SMILES string of the molecule is COc1ccc(-c2nc(CO)sc2C)cc1Cl. The second-order valence-electron chi connectivity index (χ2n) is 3.52. The van der Waals surface area contributed by atoms with Crippen LogP contribution < -0.4 is 4.74 Å². The van der Waals surface area contributed by atoms with Gasteiger partial charge in [-0.05, 0) is 25.1 Å². The number of aliphatic hydroxyl groups is 1. The van der Waals surface area contributed by atoms with Crippen molar-refractivity contribution >= 4 is 22.9 Å². The summed E-state index contributed by atoms with van der Waals surface area (Å²) < 4.78 is 5.10. The molecule has 1 heterocycles. The van der Waals surface area contributed by atoms with Crippen molar-refractivity contribution in [2.75, 3.05) is 7.11 Å². The van der Waals surface area contributed by atoms with Crippen LogP contribution in [0.3, 0.4) is 0 Å². The Bertz CT molecular complexity index is 539. The fourth-order valence-electron chi connectivity index (χ4n) is 1.60. The molecule has 90 valence electrons. The lowest BCUT2D eigenvalue weighted by Gasteiger charge is -2.04. The summed E-state index contributed by atoms with van der Waals surface area (Å²) in [7, 11) is 1.58. The molecule has 1 aromatic carbocycles. The first-order valence-electron chi connectivity index (χ1n) is 5.06. The Kier molecular flexibility index (Phi) is 3.66. The number of aromatic nitrogens is 1. The fourth-order valence-corrected chi connectivity index (χ4v) is 2.67. The third-order valence-corrected chi connectivity index (χ3v) is 3.65. The van der Waals surface area contributed by atoms with Crippen molar-refractivity contribution < 1.29 is 9.84 Å². The first-order valence-corrected chi connectivity index (χ1v) is 6.26. The predicted molar refractivity (Wildman–Crippen MR) is 69.8 cm³/mol. The molecule has 1 N–H and O–H groups in total. The van der Waals surface area contributed by atoms with Crippen LogP contribution in [0.5, 0.6) is 5.75 Å². The van der Waals surface area contributed by atoms with Crippen LogP contribution in [0.4, 0.5) is 0 Å². The first-order chi connectivity index (χ1) is 8.15. The van der Waals surface area contributed by atoms with Crippen LogP contribution >= 0.6 is 22.9 Å². The summed E-state index contributed by atoms with van der Waals surface area (Å²) in [6, 6.07) is 5.55. The number of aryl methyl sites for hydroxylation is 1. The molecule has 0 aliphatic carbocycles. The van der Waals surface area contributed by atoms with Crippen LogP contribution in [0.2, 0.25) is 5.02 Å². The first kappa shape index (κ1) is 12.4. The van der Waals surface area contributed by atoms with Gasteiger partial charge in [0.25, 0.3) is 0 Å². The van der Waals surface area contributed by atoms with Crippen LogP contribution in [0.1, 0.15) is 9.88 Å². The number of halogens is 1. The van der Waals surface area contributed by atoms with E-state index < -0.39 is 0 Å². The highest BCUT2D eigenvalue weighted by atomic mass is 35.5. The van der Waals surface area contributed by atoms with E-state index in [1.165, 1.54) is 11.3 Å². The predicted octanol–water partition coefficient (Wildman–Crippen LogP) is 3.27. The number of ether oxygens (including phenoxy) is 1. The van der Waals surface area contributed by atoms with E-state index in [9.17, 15) is 0 Å².